The van der Waals surface area contributed by atoms with Crippen LogP contribution in [0.5, 0.6) is 0 Å². The predicted octanol–water partition coefficient (Wildman–Crippen LogP) is 6.37. The Morgan fingerprint density at radius 3 is 2.60 bits per heavy atom. The van der Waals surface area contributed by atoms with Crippen LogP contribution >= 0.6 is 50.9 Å². The van der Waals surface area contributed by atoms with Crippen molar-refractivity contribution in [1.82, 2.24) is 20.1 Å². The van der Waals surface area contributed by atoms with Gasteiger partial charge in [-0.15, -0.1) is 16.8 Å². The van der Waals surface area contributed by atoms with Gasteiger partial charge in [0.2, 0.25) is 5.91 Å². The number of hydrogen-bond donors (Lipinski definition) is 2. The highest BCUT2D eigenvalue weighted by Gasteiger charge is 2.21. The highest BCUT2D eigenvalue weighted by atomic mass is 79.9. The van der Waals surface area contributed by atoms with Crippen LogP contribution in [0.1, 0.15) is 40.3 Å². The van der Waals surface area contributed by atoms with Crippen molar-refractivity contribution < 1.29 is 9.59 Å². The number of amides is 2. The largest absolute Gasteiger partial charge is 0.342 e. The van der Waals surface area contributed by atoms with Gasteiger partial charge in [-0.25, -0.2) is 0 Å². The molecule has 0 aliphatic carbocycles. The van der Waals surface area contributed by atoms with Gasteiger partial charge in [0.25, 0.3) is 5.91 Å². The molecule has 0 unspecified atom stereocenters. The number of anilines is 1. The SMILES string of the molecule is C=CCn1c(SCC(=O)Nc2cc(C)c(C)cc2Br)nnc1[C@H](C)NC(=O)c1ccc(Cl)cc1Cl. The maximum atomic E-state index is 12.7. The standard InChI is InChI=1S/C24H24BrCl2N5O2S/c1-5-8-32-22(15(4)28-23(34)17-7-6-16(26)11-19(17)27)30-31-24(32)35-12-21(33)29-20-10-14(3)13(2)9-18(20)25/h5-7,9-11,15H,1,8,12H2,2-4H3,(H,28,34)(H,29,33)/t15-/m0/s1. The van der Waals surface area contributed by atoms with Crippen LogP contribution in [0.15, 0.2) is 52.6 Å². The molecule has 0 aliphatic rings. The zero-order valence-corrected chi connectivity index (χ0v) is 23.3. The molecular weight excluding hydrogens is 573 g/mol. The zero-order chi connectivity index (χ0) is 25.7. The lowest BCUT2D eigenvalue weighted by Crippen LogP contribution is -2.29. The first-order chi connectivity index (χ1) is 16.6. The lowest BCUT2D eigenvalue weighted by molar-refractivity contribution is -0.113. The molecule has 3 aromatic rings. The Hall–Kier alpha value is -2.33. The average Bonchev–Trinajstić information content (AvgIpc) is 3.19. The van der Waals surface area contributed by atoms with Gasteiger partial charge in [0.05, 0.1) is 28.1 Å². The molecule has 1 atom stereocenters. The monoisotopic (exact) mass is 595 g/mol. The third kappa shape index (κ3) is 6.88. The molecule has 0 saturated carbocycles. The summed E-state index contributed by atoms with van der Waals surface area (Å²) in [5.74, 6) is 0.130. The first-order valence-electron chi connectivity index (χ1n) is 10.6. The van der Waals surface area contributed by atoms with E-state index in [1.807, 2.05) is 30.5 Å². The van der Waals surface area contributed by atoms with Crippen molar-refractivity contribution >= 4 is 68.4 Å². The number of rotatable bonds is 9. The Balaban J connectivity index is 1.69. The van der Waals surface area contributed by atoms with E-state index in [1.165, 1.54) is 17.8 Å². The molecule has 0 spiro atoms. The quantitative estimate of drug-likeness (QED) is 0.221. The number of carbonyl (C=O) groups is 2. The summed E-state index contributed by atoms with van der Waals surface area (Å²) in [5, 5.41) is 15.5. The third-order valence-corrected chi connectivity index (χ3v) is 7.33. The van der Waals surface area contributed by atoms with Crippen molar-refractivity contribution in [3.8, 4) is 0 Å². The summed E-state index contributed by atoms with van der Waals surface area (Å²) in [6, 6.07) is 8.10. The zero-order valence-electron chi connectivity index (χ0n) is 19.4. The Labute approximate surface area is 226 Å². The first-order valence-corrected chi connectivity index (χ1v) is 13.1. The molecule has 0 bridgehead atoms. The van der Waals surface area contributed by atoms with Crippen molar-refractivity contribution in [3.05, 3.63) is 80.0 Å². The summed E-state index contributed by atoms with van der Waals surface area (Å²) < 4.78 is 2.63. The van der Waals surface area contributed by atoms with E-state index in [9.17, 15) is 9.59 Å². The number of hydrogen-bond acceptors (Lipinski definition) is 5. The second-order valence-corrected chi connectivity index (χ2v) is 10.5. The second-order valence-electron chi connectivity index (χ2n) is 7.81. The normalized spacial score (nSPS) is 11.7. The molecule has 2 N–H and O–H groups in total. The summed E-state index contributed by atoms with van der Waals surface area (Å²) in [5.41, 5.74) is 3.24. The van der Waals surface area contributed by atoms with E-state index >= 15 is 0 Å². The number of benzene rings is 2. The van der Waals surface area contributed by atoms with Crippen LogP contribution in [0.4, 0.5) is 5.69 Å². The van der Waals surface area contributed by atoms with Crippen molar-refractivity contribution in [2.75, 3.05) is 11.1 Å². The first kappa shape index (κ1) is 27.3. The number of aromatic nitrogens is 3. The molecule has 35 heavy (non-hydrogen) atoms. The summed E-state index contributed by atoms with van der Waals surface area (Å²) >= 11 is 16.8. The lowest BCUT2D eigenvalue weighted by atomic mass is 10.1. The molecule has 0 aliphatic heterocycles. The highest BCUT2D eigenvalue weighted by Crippen LogP contribution is 2.27. The molecule has 2 amide bonds. The van der Waals surface area contributed by atoms with Gasteiger partial charge in [-0.3, -0.25) is 9.59 Å². The minimum atomic E-state index is -0.476. The summed E-state index contributed by atoms with van der Waals surface area (Å²) in [4.78, 5) is 25.3. The van der Waals surface area contributed by atoms with Crippen LogP contribution < -0.4 is 10.6 Å². The van der Waals surface area contributed by atoms with E-state index < -0.39 is 6.04 Å². The van der Waals surface area contributed by atoms with Crippen LogP contribution in [0.25, 0.3) is 0 Å². The van der Waals surface area contributed by atoms with Gasteiger partial charge in [0, 0.05) is 16.0 Å². The van der Waals surface area contributed by atoms with Crippen molar-refractivity contribution in [2.24, 2.45) is 0 Å². The number of nitrogens with zero attached hydrogens (tertiary/aromatic N) is 3. The van der Waals surface area contributed by atoms with E-state index in [0.717, 1.165) is 15.6 Å². The minimum Gasteiger partial charge on any atom is -0.342 e. The van der Waals surface area contributed by atoms with Crippen LogP contribution in [0.2, 0.25) is 10.0 Å². The maximum absolute atomic E-state index is 12.7. The number of carbonyl (C=O) groups excluding carboxylic acids is 2. The molecule has 1 aromatic heterocycles. The molecular formula is C24H24BrCl2N5O2S. The predicted molar refractivity (Wildman–Crippen MR) is 146 cm³/mol. The van der Waals surface area contributed by atoms with E-state index in [2.05, 4.69) is 43.3 Å². The number of aryl methyl sites for hydroxylation is 2. The third-order valence-electron chi connectivity index (χ3n) is 5.16. The van der Waals surface area contributed by atoms with E-state index in [4.69, 9.17) is 23.2 Å². The molecule has 2 aromatic carbocycles. The average molecular weight is 597 g/mol. The van der Waals surface area contributed by atoms with Gasteiger partial charge >= 0.3 is 0 Å². The number of halogens is 3. The molecule has 1 heterocycles. The van der Waals surface area contributed by atoms with Gasteiger partial charge < -0.3 is 15.2 Å². The summed E-state index contributed by atoms with van der Waals surface area (Å²) in [6.45, 7) is 10.0. The highest BCUT2D eigenvalue weighted by molar-refractivity contribution is 9.10. The van der Waals surface area contributed by atoms with E-state index in [-0.39, 0.29) is 22.6 Å². The minimum absolute atomic E-state index is 0.135. The molecule has 11 heteroatoms. The fourth-order valence-corrected chi connectivity index (χ4v) is 5.04. The molecule has 184 valence electrons. The van der Waals surface area contributed by atoms with Crippen molar-refractivity contribution in [2.45, 2.75) is 38.5 Å². The van der Waals surface area contributed by atoms with Gasteiger partial charge in [0.1, 0.15) is 0 Å². The van der Waals surface area contributed by atoms with Gasteiger partial charge in [0.15, 0.2) is 11.0 Å². The number of allylic oxidation sites excluding steroid dienone is 1. The van der Waals surface area contributed by atoms with Gasteiger partial charge in [-0.2, -0.15) is 0 Å². The number of thioether (sulfide) groups is 1. The molecule has 0 saturated heterocycles. The van der Waals surface area contributed by atoms with Crippen molar-refractivity contribution in [1.29, 1.82) is 0 Å². The second kappa shape index (κ2) is 12.1. The summed E-state index contributed by atoms with van der Waals surface area (Å²) in [6.07, 6.45) is 1.70. The molecule has 0 fully saturated rings. The topological polar surface area (TPSA) is 88.9 Å². The molecule has 0 radical (unpaired) electrons. The van der Waals surface area contributed by atoms with Gasteiger partial charge in [-0.1, -0.05) is 41.0 Å². The van der Waals surface area contributed by atoms with E-state index in [0.29, 0.717) is 33.8 Å². The smallest absolute Gasteiger partial charge is 0.253 e. The van der Waals surface area contributed by atoms with Gasteiger partial charge in [-0.05, 0) is 78.2 Å². The van der Waals surface area contributed by atoms with Crippen molar-refractivity contribution in [3.63, 3.8) is 0 Å². The van der Waals surface area contributed by atoms with Crippen LogP contribution in [0, 0.1) is 13.8 Å². The Kier molecular flexibility index (Phi) is 9.40. The van der Waals surface area contributed by atoms with Crippen LogP contribution in [0.3, 0.4) is 0 Å². The fourth-order valence-electron chi connectivity index (χ4n) is 3.23. The molecule has 3 rings (SSSR count). The molecule has 7 nitrogen and oxygen atoms in total. The van der Waals surface area contributed by atoms with Crippen LogP contribution in [-0.4, -0.2) is 32.3 Å². The summed E-state index contributed by atoms with van der Waals surface area (Å²) in [7, 11) is 0. The Bertz CT molecular complexity index is 1280. The van der Waals surface area contributed by atoms with E-state index in [1.54, 1.807) is 25.1 Å². The number of nitrogens with one attached hydrogen (secondary N) is 2. The Morgan fingerprint density at radius 2 is 1.91 bits per heavy atom. The lowest BCUT2D eigenvalue weighted by Gasteiger charge is -2.16. The van der Waals surface area contributed by atoms with Crippen LogP contribution in [-0.2, 0) is 11.3 Å². The maximum Gasteiger partial charge on any atom is 0.253 e. The Morgan fingerprint density at radius 1 is 1.20 bits per heavy atom. The fraction of sp³-hybridized carbons (Fsp3) is 0.250.